The van der Waals surface area contributed by atoms with Crippen molar-refractivity contribution in [3.8, 4) is 5.75 Å². The predicted octanol–water partition coefficient (Wildman–Crippen LogP) is 5.01. The van der Waals surface area contributed by atoms with Crippen LogP contribution in [0.2, 0.25) is 0 Å². The number of hydrogen-bond acceptors (Lipinski definition) is 7. The molecule has 1 aliphatic rings. The molecular formula is C22H16N2O6S. The van der Waals surface area contributed by atoms with Crippen LogP contribution in [0, 0.1) is 10.1 Å². The van der Waals surface area contributed by atoms with Crippen LogP contribution in [0.3, 0.4) is 0 Å². The minimum absolute atomic E-state index is 0.124. The average molecular weight is 436 g/mol. The summed E-state index contributed by atoms with van der Waals surface area (Å²) in [6.45, 7) is 0.296. The summed E-state index contributed by atoms with van der Waals surface area (Å²) >= 11 is 0.829. The summed E-state index contributed by atoms with van der Waals surface area (Å²) in [4.78, 5) is 36.1. The summed E-state index contributed by atoms with van der Waals surface area (Å²) in [6, 6.07) is 16.2. The van der Waals surface area contributed by atoms with Crippen LogP contribution in [0.15, 0.2) is 76.1 Å². The van der Waals surface area contributed by atoms with E-state index in [2.05, 4.69) is 0 Å². The molecule has 3 aromatic rings. The van der Waals surface area contributed by atoms with E-state index in [9.17, 15) is 19.7 Å². The highest BCUT2D eigenvalue weighted by molar-refractivity contribution is 8.18. The number of nitrogens with zero attached hydrogens (tertiary/aromatic N) is 2. The largest absolute Gasteiger partial charge is 0.491 e. The van der Waals surface area contributed by atoms with Gasteiger partial charge in [0.15, 0.2) is 0 Å². The number of carbonyl (C=O) groups is 2. The van der Waals surface area contributed by atoms with Gasteiger partial charge in [-0.25, -0.2) is 0 Å². The van der Waals surface area contributed by atoms with E-state index in [0.717, 1.165) is 27.4 Å². The maximum absolute atomic E-state index is 12.5. The number of carbonyl (C=O) groups excluding carboxylic acids is 2. The summed E-state index contributed by atoms with van der Waals surface area (Å²) < 4.78 is 10.8. The van der Waals surface area contributed by atoms with Crippen LogP contribution in [-0.2, 0) is 4.79 Å². The Morgan fingerprint density at radius 2 is 1.90 bits per heavy atom. The Morgan fingerprint density at radius 1 is 1.10 bits per heavy atom. The molecule has 0 spiro atoms. The first-order valence-corrected chi connectivity index (χ1v) is 10.1. The van der Waals surface area contributed by atoms with Gasteiger partial charge < -0.3 is 9.15 Å². The van der Waals surface area contributed by atoms with Crippen LogP contribution in [0.4, 0.5) is 10.7 Å². The van der Waals surface area contributed by atoms with E-state index in [1.165, 1.54) is 30.4 Å². The molecule has 31 heavy (non-hydrogen) atoms. The Morgan fingerprint density at radius 3 is 2.71 bits per heavy atom. The van der Waals surface area contributed by atoms with E-state index < -0.39 is 10.8 Å². The Labute approximate surface area is 180 Å². The average Bonchev–Trinajstić information content (AvgIpc) is 3.34. The van der Waals surface area contributed by atoms with Gasteiger partial charge in [0, 0.05) is 5.39 Å². The molecule has 1 aliphatic heterocycles. The lowest BCUT2D eigenvalue weighted by Crippen LogP contribution is -2.32. The number of imide groups is 1. The third kappa shape index (κ3) is 4.51. The summed E-state index contributed by atoms with van der Waals surface area (Å²) in [5.74, 6) is 0.180. The minimum atomic E-state index is -0.636. The number of amides is 2. The summed E-state index contributed by atoms with van der Waals surface area (Å²) in [5.41, 5.74) is 0. The second-order valence-corrected chi connectivity index (χ2v) is 7.47. The van der Waals surface area contributed by atoms with Crippen LogP contribution in [0.5, 0.6) is 5.75 Å². The Bertz CT molecular complexity index is 1220. The molecule has 0 bridgehead atoms. The summed E-state index contributed by atoms with van der Waals surface area (Å²) in [5, 5.41) is 12.3. The van der Waals surface area contributed by atoms with Crippen LogP contribution in [-0.4, -0.2) is 34.1 Å². The normalized spacial score (nSPS) is 15.5. The van der Waals surface area contributed by atoms with Crippen molar-refractivity contribution in [1.82, 2.24) is 4.90 Å². The predicted molar refractivity (Wildman–Crippen MR) is 117 cm³/mol. The van der Waals surface area contributed by atoms with E-state index in [-0.39, 0.29) is 34.9 Å². The maximum Gasteiger partial charge on any atom is 0.433 e. The van der Waals surface area contributed by atoms with Gasteiger partial charge in [0.1, 0.15) is 23.0 Å². The van der Waals surface area contributed by atoms with Crippen LogP contribution in [0.25, 0.3) is 16.8 Å². The topological polar surface area (TPSA) is 103 Å². The minimum Gasteiger partial charge on any atom is -0.491 e. The van der Waals surface area contributed by atoms with Crippen molar-refractivity contribution in [3.63, 3.8) is 0 Å². The number of thioether (sulfide) groups is 1. The van der Waals surface area contributed by atoms with Crippen molar-refractivity contribution in [2.45, 2.75) is 0 Å². The molecule has 2 aromatic carbocycles. The molecule has 1 fully saturated rings. The van der Waals surface area contributed by atoms with Crippen molar-refractivity contribution in [2.75, 3.05) is 13.2 Å². The monoisotopic (exact) mass is 436 g/mol. The van der Waals surface area contributed by atoms with Gasteiger partial charge >= 0.3 is 5.88 Å². The van der Waals surface area contributed by atoms with Crippen molar-refractivity contribution >= 4 is 45.6 Å². The number of rotatable bonds is 7. The maximum atomic E-state index is 12.5. The van der Waals surface area contributed by atoms with Gasteiger partial charge in [0.2, 0.25) is 0 Å². The number of nitro groups is 1. The highest BCUT2D eigenvalue weighted by Gasteiger charge is 2.34. The molecule has 156 valence electrons. The van der Waals surface area contributed by atoms with E-state index in [0.29, 0.717) is 5.75 Å². The molecule has 0 saturated carbocycles. The molecule has 4 rings (SSSR count). The number of ether oxygens (including phenoxy) is 1. The molecule has 1 aromatic heterocycles. The zero-order chi connectivity index (χ0) is 21.8. The van der Waals surface area contributed by atoms with Gasteiger partial charge in [-0.1, -0.05) is 42.5 Å². The first kappa shape index (κ1) is 20.4. The molecular weight excluding hydrogens is 420 g/mol. The molecule has 8 nitrogen and oxygen atoms in total. The van der Waals surface area contributed by atoms with E-state index >= 15 is 0 Å². The van der Waals surface area contributed by atoms with Gasteiger partial charge in [-0.2, -0.15) is 0 Å². The fraction of sp³-hybridized carbons (Fsp3) is 0.0909. The van der Waals surface area contributed by atoms with Gasteiger partial charge in [-0.05, 0) is 41.4 Å². The second kappa shape index (κ2) is 8.88. The molecule has 0 atom stereocenters. The highest BCUT2D eigenvalue weighted by atomic mass is 32.2. The highest BCUT2D eigenvalue weighted by Crippen LogP contribution is 2.31. The van der Waals surface area contributed by atoms with Gasteiger partial charge in [0.25, 0.3) is 11.1 Å². The van der Waals surface area contributed by atoms with E-state index in [4.69, 9.17) is 9.15 Å². The summed E-state index contributed by atoms with van der Waals surface area (Å²) in [6.07, 6.45) is 4.46. The quantitative estimate of drug-likeness (QED) is 0.291. The third-order valence-corrected chi connectivity index (χ3v) is 5.42. The summed E-state index contributed by atoms with van der Waals surface area (Å²) in [7, 11) is 0. The Hall–Kier alpha value is -3.85. The molecule has 2 amide bonds. The van der Waals surface area contributed by atoms with E-state index in [1.54, 1.807) is 0 Å². The van der Waals surface area contributed by atoms with Crippen LogP contribution in [0.1, 0.15) is 5.76 Å². The van der Waals surface area contributed by atoms with E-state index in [1.807, 2.05) is 42.5 Å². The zero-order valence-electron chi connectivity index (χ0n) is 16.1. The van der Waals surface area contributed by atoms with Gasteiger partial charge in [-0.15, -0.1) is 0 Å². The SMILES string of the molecule is O=C1S/C(=C\C=C\c2ccc([N+](=O)[O-])o2)C(=O)N1CCOc1cccc2ccccc12. The molecule has 1 saturated heterocycles. The first-order chi connectivity index (χ1) is 15.0. The molecule has 0 N–H and O–H groups in total. The van der Waals surface area contributed by atoms with Crippen molar-refractivity contribution in [2.24, 2.45) is 0 Å². The molecule has 2 heterocycles. The lowest BCUT2D eigenvalue weighted by Gasteiger charge is -2.14. The third-order valence-electron chi connectivity index (χ3n) is 4.50. The number of hydrogen-bond donors (Lipinski definition) is 0. The number of fused-ring (bicyclic) bond motifs is 1. The molecule has 0 unspecified atom stereocenters. The second-order valence-electron chi connectivity index (χ2n) is 6.47. The first-order valence-electron chi connectivity index (χ1n) is 9.30. The fourth-order valence-electron chi connectivity index (χ4n) is 3.04. The smallest absolute Gasteiger partial charge is 0.433 e. The van der Waals surface area contributed by atoms with Crippen LogP contribution >= 0.6 is 11.8 Å². The Kier molecular flexibility index (Phi) is 5.85. The number of benzene rings is 2. The number of furan rings is 1. The van der Waals surface area contributed by atoms with Crippen molar-refractivity contribution < 1.29 is 23.7 Å². The lowest BCUT2D eigenvalue weighted by atomic mass is 10.1. The fourth-order valence-corrected chi connectivity index (χ4v) is 3.85. The standard InChI is InChI=1S/C22H16N2O6S/c25-21-19(10-4-7-16-11-12-20(30-16)24(27)28)31-22(26)23(21)13-14-29-18-9-3-6-15-5-1-2-8-17(15)18/h1-12H,13-14H2/b7-4+,19-10-. The Balaban J connectivity index is 1.37. The van der Waals surface area contributed by atoms with Crippen molar-refractivity contribution in [1.29, 1.82) is 0 Å². The zero-order valence-corrected chi connectivity index (χ0v) is 16.9. The van der Waals surface area contributed by atoms with Crippen molar-refractivity contribution in [3.05, 3.63) is 87.5 Å². The molecule has 0 aliphatic carbocycles. The number of allylic oxidation sites excluding steroid dienone is 2. The van der Waals surface area contributed by atoms with Crippen LogP contribution < -0.4 is 4.74 Å². The molecule has 9 heteroatoms. The van der Waals surface area contributed by atoms with Gasteiger partial charge in [-0.3, -0.25) is 24.6 Å². The molecule has 0 radical (unpaired) electrons. The van der Waals surface area contributed by atoms with Gasteiger partial charge in [0.05, 0.1) is 17.5 Å². The lowest BCUT2D eigenvalue weighted by molar-refractivity contribution is -0.402.